The highest BCUT2D eigenvalue weighted by Crippen LogP contribution is 2.38. The maximum absolute atomic E-state index is 12.9. The molecule has 2 aromatic carbocycles. The van der Waals surface area contributed by atoms with Gasteiger partial charge < -0.3 is 28.7 Å². The van der Waals surface area contributed by atoms with Crippen LogP contribution in [0.3, 0.4) is 0 Å². The number of benzene rings is 2. The van der Waals surface area contributed by atoms with Gasteiger partial charge in [0, 0.05) is 6.54 Å². The van der Waals surface area contributed by atoms with Crippen molar-refractivity contribution in [2.24, 2.45) is 0 Å². The molecule has 156 valence electrons. The third-order valence-corrected chi connectivity index (χ3v) is 4.64. The highest BCUT2D eigenvalue weighted by Gasteiger charge is 2.13. The second kappa shape index (κ2) is 8.69. The van der Waals surface area contributed by atoms with Crippen LogP contribution in [0.25, 0.3) is 23.2 Å². The smallest absolute Gasteiger partial charge is 0.276 e. The van der Waals surface area contributed by atoms with E-state index in [9.17, 15) is 14.7 Å². The summed E-state index contributed by atoms with van der Waals surface area (Å²) in [6.45, 7) is 2.24. The fourth-order valence-electron chi connectivity index (χ4n) is 3.19. The lowest BCUT2D eigenvalue weighted by Gasteiger charge is -2.13. The number of ether oxygens (including phenoxy) is 3. The molecule has 0 saturated heterocycles. The van der Waals surface area contributed by atoms with E-state index < -0.39 is 5.97 Å². The van der Waals surface area contributed by atoms with Gasteiger partial charge in [-0.05, 0) is 48.4 Å². The molecule has 1 heterocycles. The maximum Gasteiger partial charge on any atom is 0.276 e. The number of aromatic carboxylic acids is 1. The van der Waals surface area contributed by atoms with E-state index in [-0.39, 0.29) is 16.8 Å². The Bertz CT molecular complexity index is 1170. The van der Waals surface area contributed by atoms with Gasteiger partial charge in [-0.2, -0.15) is 0 Å². The quantitative estimate of drug-likeness (QED) is 0.588. The molecule has 30 heavy (non-hydrogen) atoms. The first kappa shape index (κ1) is 20.9. The Morgan fingerprint density at radius 1 is 1.07 bits per heavy atom. The van der Waals surface area contributed by atoms with Gasteiger partial charge in [-0.25, -0.2) is 4.98 Å². The fraction of sp³-hybridized carbons (Fsp3) is 0.227. The monoisotopic (exact) mass is 409 g/mol. The third kappa shape index (κ3) is 3.84. The Hall–Kier alpha value is -3.81. The molecule has 0 spiro atoms. The van der Waals surface area contributed by atoms with E-state index in [4.69, 9.17) is 14.2 Å². The molecule has 0 saturated carbocycles. The van der Waals surface area contributed by atoms with Gasteiger partial charge >= 0.3 is 0 Å². The molecular weight excluding hydrogens is 388 g/mol. The number of methoxy groups -OCH3 is 3. The van der Waals surface area contributed by atoms with E-state index in [0.717, 1.165) is 0 Å². The number of fused-ring (bicyclic) bond motifs is 1. The minimum absolute atomic E-state index is 0.00383. The first-order chi connectivity index (χ1) is 14.4. The third-order valence-electron chi connectivity index (χ3n) is 4.64. The van der Waals surface area contributed by atoms with Crippen molar-refractivity contribution in [1.29, 1.82) is 0 Å². The molecule has 0 radical (unpaired) electrons. The molecule has 1 aromatic heterocycles. The molecule has 0 fully saturated rings. The largest absolute Gasteiger partial charge is 0.545 e. The first-order valence-electron chi connectivity index (χ1n) is 9.17. The Kier molecular flexibility index (Phi) is 6.06. The first-order valence-corrected chi connectivity index (χ1v) is 9.17. The van der Waals surface area contributed by atoms with Crippen molar-refractivity contribution >= 4 is 29.2 Å². The van der Waals surface area contributed by atoms with Gasteiger partial charge in [-0.15, -0.1) is 0 Å². The lowest BCUT2D eigenvalue weighted by molar-refractivity contribution is -0.255. The van der Waals surface area contributed by atoms with Crippen molar-refractivity contribution in [3.8, 4) is 17.2 Å². The minimum atomic E-state index is -1.30. The van der Waals surface area contributed by atoms with Crippen LogP contribution in [0.4, 0.5) is 0 Å². The topological polar surface area (TPSA) is 103 Å². The average molecular weight is 409 g/mol. The molecule has 0 N–H and O–H groups in total. The predicted octanol–water partition coefficient (Wildman–Crippen LogP) is 1.98. The van der Waals surface area contributed by atoms with E-state index in [0.29, 0.717) is 40.4 Å². The van der Waals surface area contributed by atoms with Crippen LogP contribution in [-0.4, -0.2) is 36.8 Å². The number of nitrogens with zero attached hydrogens (tertiary/aromatic N) is 2. The average Bonchev–Trinajstić information content (AvgIpc) is 2.76. The number of aromatic nitrogens is 2. The van der Waals surface area contributed by atoms with Crippen LogP contribution in [0.5, 0.6) is 17.2 Å². The number of aryl methyl sites for hydroxylation is 1. The zero-order valence-corrected chi connectivity index (χ0v) is 17.1. The van der Waals surface area contributed by atoms with Crippen molar-refractivity contribution in [1.82, 2.24) is 9.55 Å². The summed E-state index contributed by atoms with van der Waals surface area (Å²) in [5.74, 6) is 0.117. The highest BCUT2D eigenvalue weighted by atomic mass is 16.5. The number of carboxylic acids is 1. The van der Waals surface area contributed by atoms with Crippen LogP contribution >= 0.6 is 0 Å². The molecule has 3 rings (SSSR count). The summed E-state index contributed by atoms with van der Waals surface area (Å²) < 4.78 is 17.5. The molecule has 0 atom stereocenters. The van der Waals surface area contributed by atoms with E-state index in [1.54, 1.807) is 30.4 Å². The molecule has 8 nitrogen and oxygen atoms in total. The van der Waals surface area contributed by atoms with Crippen LogP contribution in [0.2, 0.25) is 0 Å². The molecule has 0 unspecified atom stereocenters. The Labute approximate surface area is 173 Å². The van der Waals surface area contributed by atoms with Crippen LogP contribution in [0.1, 0.15) is 28.5 Å². The van der Waals surface area contributed by atoms with Crippen molar-refractivity contribution in [3.63, 3.8) is 0 Å². The van der Waals surface area contributed by atoms with Gasteiger partial charge in [0.25, 0.3) is 5.56 Å². The number of carbonyl (C=O) groups is 1. The van der Waals surface area contributed by atoms with Crippen molar-refractivity contribution in [2.45, 2.75) is 13.5 Å². The normalized spacial score (nSPS) is 11.1. The SMILES string of the molecule is CCn1c(=O)c(/C=C/c2cc(OC)c(OC)c(OC)c2)nc2cc(C(=O)[O-])ccc21. The lowest BCUT2D eigenvalue weighted by atomic mass is 10.1. The Morgan fingerprint density at radius 3 is 2.27 bits per heavy atom. The van der Waals surface area contributed by atoms with Crippen LogP contribution < -0.4 is 24.9 Å². The Balaban J connectivity index is 2.13. The van der Waals surface area contributed by atoms with Gasteiger partial charge in [-0.1, -0.05) is 12.1 Å². The summed E-state index contributed by atoms with van der Waals surface area (Å²) in [6, 6.07) is 7.84. The molecule has 8 heteroatoms. The van der Waals surface area contributed by atoms with Crippen LogP contribution in [0.15, 0.2) is 35.1 Å². The Morgan fingerprint density at radius 2 is 1.73 bits per heavy atom. The van der Waals surface area contributed by atoms with E-state index >= 15 is 0 Å². The van der Waals surface area contributed by atoms with Gasteiger partial charge in [-0.3, -0.25) is 4.79 Å². The molecule has 0 bridgehead atoms. The second-order valence-corrected chi connectivity index (χ2v) is 6.33. The summed E-state index contributed by atoms with van der Waals surface area (Å²) in [5.41, 5.74) is 1.54. The molecule has 0 aliphatic carbocycles. The number of carboxylic acid groups (broad SMARTS) is 1. The number of rotatable bonds is 7. The van der Waals surface area contributed by atoms with E-state index in [1.807, 2.05) is 6.92 Å². The van der Waals surface area contributed by atoms with Crippen molar-refractivity contribution in [3.05, 3.63) is 57.5 Å². The predicted molar refractivity (Wildman–Crippen MR) is 111 cm³/mol. The van der Waals surface area contributed by atoms with Crippen LogP contribution in [-0.2, 0) is 6.54 Å². The van der Waals surface area contributed by atoms with Gasteiger partial charge in [0.15, 0.2) is 11.5 Å². The van der Waals surface area contributed by atoms with Crippen LogP contribution in [0, 0.1) is 0 Å². The molecule has 0 amide bonds. The summed E-state index contributed by atoms with van der Waals surface area (Å²) in [7, 11) is 4.55. The lowest BCUT2D eigenvalue weighted by Crippen LogP contribution is -2.25. The highest BCUT2D eigenvalue weighted by molar-refractivity contribution is 5.91. The second-order valence-electron chi connectivity index (χ2n) is 6.33. The number of carbonyl (C=O) groups excluding carboxylic acids is 1. The molecule has 0 aliphatic heterocycles. The fourth-order valence-corrected chi connectivity index (χ4v) is 3.19. The van der Waals surface area contributed by atoms with E-state index in [1.165, 1.54) is 38.0 Å². The summed E-state index contributed by atoms with van der Waals surface area (Å²) in [5, 5.41) is 11.2. The van der Waals surface area contributed by atoms with Gasteiger partial charge in [0.2, 0.25) is 5.75 Å². The van der Waals surface area contributed by atoms with Crippen molar-refractivity contribution in [2.75, 3.05) is 21.3 Å². The summed E-state index contributed by atoms with van der Waals surface area (Å²) in [6.07, 6.45) is 3.27. The van der Waals surface area contributed by atoms with Gasteiger partial charge in [0.1, 0.15) is 5.69 Å². The zero-order chi connectivity index (χ0) is 21.8. The number of hydrogen-bond donors (Lipinski definition) is 0. The molecular formula is C22H21N2O6-. The minimum Gasteiger partial charge on any atom is -0.545 e. The van der Waals surface area contributed by atoms with Crippen molar-refractivity contribution < 1.29 is 24.1 Å². The van der Waals surface area contributed by atoms with Gasteiger partial charge in [0.05, 0.1) is 38.3 Å². The zero-order valence-electron chi connectivity index (χ0n) is 17.1. The number of hydrogen-bond acceptors (Lipinski definition) is 7. The molecule has 3 aromatic rings. The maximum atomic E-state index is 12.9. The standard InChI is InChI=1S/C22H22N2O6/c1-5-24-17-9-7-14(22(26)27)12-16(17)23-15(21(24)25)8-6-13-10-18(28-2)20(30-4)19(11-13)29-3/h6-12H,5H2,1-4H3,(H,26,27)/p-1/b8-6+. The summed E-state index contributed by atoms with van der Waals surface area (Å²) >= 11 is 0. The summed E-state index contributed by atoms with van der Waals surface area (Å²) in [4.78, 5) is 28.4. The van der Waals surface area contributed by atoms with E-state index in [2.05, 4.69) is 4.98 Å². The molecule has 0 aliphatic rings.